The molecule has 0 unspecified atom stereocenters. The molecule has 0 bridgehead atoms. The first kappa shape index (κ1) is 15.6. The van der Waals surface area contributed by atoms with Crippen LogP contribution in [0.15, 0.2) is 18.2 Å². The first-order valence-corrected chi connectivity index (χ1v) is 6.74. The van der Waals surface area contributed by atoms with E-state index in [2.05, 4.69) is 5.32 Å². The topological polar surface area (TPSA) is 64.3 Å². The third kappa shape index (κ3) is 4.35. The lowest BCUT2D eigenvalue weighted by Crippen LogP contribution is -2.24. The first-order chi connectivity index (χ1) is 9.86. The van der Waals surface area contributed by atoms with Gasteiger partial charge in [0.05, 0.1) is 24.7 Å². The van der Waals surface area contributed by atoms with E-state index in [1.54, 1.807) is 0 Å². The fourth-order valence-electron chi connectivity index (χ4n) is 1.96. The van der Waals surface area contributed by atoms with Crippen molar-refractivity contribution in [2.75, 3.05) is 17.7 Å². The van der Waals surface area contributed by atoms with Crippen molar-refractivity contribution in [2.45, 2.75) is 38.0 Å². The summed E-state index contributed by atoms with van der Waals surface area (Å²) in [5.41, 5.74) is 4.04. The molecule has 0 aromatic heterocycles. The van der Waals surface area contributed by atoms with E-state index in [1.165, 1.54) is 6.07 Å². The molecule has 1 aliphatic carbocycles. The van der Waals surface area contributed by atoms with E-state index in [4.69, 9.17) is 10.5 Å². The molecule has 1 saturated carbocycles. The molecule has 0 heterocycles. The van der Waals surface area contributed by atoms with E-state index in [0.717, 1.165) is 31.4 Å². The van der Waals surface area contributed by atoms with Gasteiger partial charge in [-0.05, 0) is 37.5 Å². The van der Waals surface area contributed by atoms with Crippen molar-refractivity contribution in [3.05, 3.63) is 23.8 Å². The predicted molar refractivity (Wildman–Crippen MR) is 72.7 cm³/mol. The normalized spacial score (nSPS) is 15.6. The van der Waals surface area contributed by atoms with E-state index < -0.39 is 11.7 Å². The highest BCUT2D eigenvalue weighted by molar-refractivity contribution is 5.91. The predicted octanol–water partition coefficient (Wildman–Crippen LogP) is 3.19. The number of alkyl halides is 3. The number of nitrogens with two attached hydrogens (primary N) is 1. The molecule has 1 aromatic rings. The summed E-state index contributed by atoms with van der Waals surface area (Å²) in [5, 5.41) is 2.42. The molecule has 3 N–H and O–H groups in total. The molecule has 1 aliphatic rings. The molecule has 116 valence electrons. The Hall–Kier alpha value is -1.76. The Morgan fingerprint density at radius 2 is 2.10 bits per heavy atom. The van der Waals surface area contributed by atoms with Crippen molar-refractivity contribution in [1.29, 1.82) is 0 Å². The van der Waals surface area contributed by atoms with Crippen LogP contribution in [0.3, 0.4) is 0 Å². The van der Waals surface area contributed by atoms with Crippen LogP contribution in [0.2, 0.25) is 0 Å². The molecule has 7 heteroatoms. The second kappa shape index (κ2) is 6.34. The first-order valence-electron chi connectivity index (χ1n) is 6.74. The Bertz CT molecular complexity index is 513. The number of halogens is 3. The highest BCUT2D eigenvalue weighted by Crippen LogP contribution is 2.35. The standard InChI is InChI=1S/C14H17F3N2O2/c15-14(16,17)11-8-9(4-5-12(11)18)19-13(20)6-7-21-10-2-1-3-10/h4-5,8,10H,1-3,6-7,18H2,(H,19,20). The van der Waals surface area contributed by atoms with Crippen molar-refractivity contribution in [3.8, 4) is 0 Å². The maximum atomic E-state index is 12.7. The number of benzene rings is 1. The lowest BCUT2D eigenvalue weighted by Gasteiger charge is -2.25. The molecule has 0 aliphatic heterocycles. The summed E-state index contributed by atoms with van der Waals surface area (Å²) in [6, 6.07) is 3.30. The summed E-state index contributed by atoms with van der Waals surface area (Å²) in [6.07, 6.45) is -1.04. The van der Waals surface area contributed by atoms with Crippen LogP contribution >= 0.6 is 0 Å². The van der Waals surface area contributed by atoms with Gasteiger partial charge in [0.1, 0.15) is 0 Å². The smallest absolute Gasteiger partial charge is 0.398 e. The summed E-state index contributed by atoms with van der Waals surface area (Å²) in [7, 11) is 0. The number of amides is 1. The monoisotopic (exact) mass is 302 g/mol. The molecule has 2 rings (SSSR count). The van der Waals surface area contributed by atoms with E-state index in [9.17, 15) is 18.0 Å². The minimum Gasteiger partial charge on any atom is -0.398 e. The molecule has 0 spiro atoms. The van der Waals surface area contributed by atoms with Crippen LogP contribution in [0.5, 0.6) is 0 Å². The largest absolute Gasteiger partial charge is 0.418 e. The molecule has 1 fully saturated rings. The highest BCUT2D eigenvalue weighted by atomic mass is 19.4. The molecule has 0 radical (unpaired) electrons. The molecule has 1 amide bonds. The second-order valence-electron chi connectivity index (χ2n) is 5.02. The number of carbonyl (C=O) groups is 1. The summed E-state index contributed by atoms with van der Waals surface area (Å²) in [5.74, 6) is -0.382. The van der Waals surface area contributed by atoms with Crippen LogP contribution in [0.4, 0.5) is 24.5 Å². The third-order valence-electron chi connectivity index (χ3n) is 3.38. The number of hydrogen-bond donors (Lipinski definition) is 2. The van der Waals surface area contributed by atoms with Gasteiger partial charge in [-0.25, -0.2) is 0 Å². The van der Waals surface area contributed by atoms with Gasteiger partial charge in [-0.2, -0.15) is 13.2 Å². The second-order valence-corrected chi connectivity index (χ2v) is 5.02. The van der Waals surface area contributed by atoms with Gasteiger partial charge in [0.15, 0.2) is 0 Å². The molecular weight excluding hydrogens is 285 g/mol. The number of anilines is 2. The van der Waals surface area contributed by atoms with E-state index in [1.807, 2.05) is 0 Å². The van der Waals surface area contributed by atoms with Crippen LogP contribution in [0, 0.1) is 0 Å². The van der Waals surface area contributed by atoms with Gasteiger partial charge < -0.3 is 15.8 Å². The number of ether oxygens (including phenoxy) is 1. The fourth-order valence-corrected chi connectivity index (χ4v) is 1.96. The number of nitrogen functional groups attached to an aromatic ring is 1. The number of hydrogen-bond acceptors (Lipinski definition) is 3. The molecule has 0 atom stereocenters. The van der Waals surface area contributed by atoms with E-state index in [0.29, 0.717) is 0 Å². The highest BCUT2D eigenvalue weighted by Gasteiger charge is 2.33. The summed E-state index contributed by atoms with van der Waals surface area (Å²) >= 11 is 0. The van der Waals surface area contributed by atoms with Gasteiger partial charge in [-0.1, -0.05) is 0 Å². The fraction of sp³-hybridized carbons (Fsp3) is 0.500. The van der Waals surface area contributed by atoms with Crippen LogP contribution in [0.1, 0.15) is 31.2 Å². The van der Waals surface area contributed by atoms with E-state index >= 15 is 0 Å². The summed E-state index contributed by atoms with van der Waals surface area (Å²) in [4.78, 5) is 11.6. The van der Waals surface area contributed by atoms with E-state index in [-0.39, 0.29) is 36.4 Å². The Labute approximate surface area is 120 Å². The molecule has 21 heavy (non-hydrogen) atoms. The zero-order valence-corrected chi connectivity index (χ0v) is 11.4. The van der Waals surface area contributed by atoms with Crippen LogP contribution in [-0.2, 0) is 15.7 Å². The Balaban J connectivity index is 1.88. The number of nitrogens with one attached hydrogen (secondary N) is 1. The Kier molecular flexibility index (Phi) is 4.72. The number of carbonyl (C=O) groups excluding carboxylic acids is 1. The third-order valence-corrected chi connectivity index (χ3v) is 3.38. The van der Waals surface area contributed by atoms with Gasteiger partial charge in [-0.15, -0.1) is 0 Å². The van der Waals surface area contributed by atoms with Gasteiger partial charge >= 0.3 is 6.18 Å². The Morgan fingerprint density at radius 3 is 2.67 bits per heavy atom. The average Bonchev–Trinajstić information content (AvgIpc) is 2.33. The molecule has 4 nitrogen and oxygen atoms in total. The van der Waals surface area contributed by atoms with Gasteiger partial charge in [0.2, 0.25) is 5.91 Å². The average molecular weight is 302 g/mol. The van der Waals surface area contributed by atoms with Crippen molar-refractivity contribution in [3.63, 3.8) is 0 Å². The molecular formula is C14H17F3N2O2. The van der Waals surface area contributed by atoms with Crippen molar-refractivity contribution in [1.82, 2.24) is 0 Å². The van der Waals surface area contributed by atoms with Crippen LogP contribution in [0.25, 0.3) is 0 Å². The SMILES string of the molecule is Nc1ccc(NC(=O)CCOC2CCC2)cc1C(F)(F)F. The van der Waals surface area contributed by atoms with Crippen molar-refractivity contribution in [2.24, 2.45) is 0 Å². The van der Waals surface area contributed by atoms with Gasteiger partial charge in [0, 0.05) is 11.4 Å². The maximum Gasteiger partial charge on any atom is 0.418 e. The molecule has 1 aromatic carbocycles. The van der Waals surface area contributed by atoms with Crippen LogP contribution in [-0.4, -0.2) is 18.6 Å². The quantitative estimate of drug-likeness (QED) is 0.821. The lowest BCUT2D eigenvalue weighted by molar-refractivity contribution is -0.137. The summed E-state index contributed by atoms with van der Waals surface area (Å²) in [6.45, 7) is 0.275. The minimum absolute atomic E-state index is 0.0742. The minimum atomic E-state index is -4.54. The maximum absolute atomic E-state index is 12.7. The van der Waals surface area contributed by atoms with Crippen molar-refractivity contribution < 1.29 is 22.7 Å². The van der Waals surface area contributed by atoms with Gasteiger partial charge in [0.25, 0.3) is 0 Å². The lowest BCUT2D eigenvalue weighted by atomic mass is 9.96. The molecule has 0 saturated heterocycles. The Morgan fingerprint density at radius 1 is 1.38 bits per heavy atom. The summed E-state index contributed by atoms with van der Waals surface area (Å²) < 4.78 is 43.5. The zero-order chi connectivity index (χ0) is 15.5. The van der Waals surface area contributed by atoms with Crippen LogP contribution < -0.4 is 11.1 Å². The number of rotatable bonds is 5. The zero-order valence-electron chi connectivity index (χ0n) is 11.4. The van der Waals surface area contributed by atoms with Gasteiger partial charge in [-0.3, -0.25) is 4.79 Å². The van der Waals surface area contributed by atoms with Crippen molar-refractivity contribution >= 4 is 17.3 Å².